The molecule has 1 aliphatic heterocycles. The predicted octanol–water partition coefficient (Wildman–Crippen LogP) is 0.287. The van der Waals surface area contributed by atoms with E-state index in [1.165, 1.54) is 0 Å². The van der Waals surface area contributed by atoms with Gasteiger partial charge in [0.2, 0.25) is 0 Å². The highest BCUT2D eigenvalue weighted by Crippen LogP contribution is 2.42. The van der Waals surface area contributed by atoms with Crippen molar-refractivity contribution in [1.29, 1.82) is 0 Å². The fraction of sp³-hybridized carbons (Fsp3) is 1.00. The fourth-order valence-electron chi connectivity index (χ4n) is 1.29. The summed E-state index contributed by atoms with van der Waals surface area (Å²) in [5.74, 6) is 0. The molecule has 11 heavy (non-hydrogen) atoms. The van der Waals surface area contributed by atoms with Crippen molar-refractivity contribution in [3.63, 3.8) is 0 Å². The molecule has 4 heteroatoms. The van der Waals surface area contributed by atoms with Gasteiger partial charge in [-0.05, 0) is 6.66 Å². The summed E-state index contributed by atoms with van der Waals surface area (Å²) in [6.45, 7) is 4.62. The van der Waals surface area contributed by atoms with E-state index in [9.17, 15) is 4.57 Å². The van der Waals surface area contributed by atoms with Gasteiger partial charge in [0.05, 0.1) is 13.7 Å². The molecular formula is C7H16NO2P. The van der Waals surface area contributed by atoms with E-state index < -0.39 is 7.14 Å². The molecule has 0 radical (unpaired) electrons. The lowest BCUT2D eigenvalue weighted by molar-refractivity contribution is 0.205. The fourth-order valence-corrected chi connectivity index (χ4v) is 2.93. The zero-order chi connectivity index (χ0) is 8.32. The summed E-state index contributed by atoms with van der Waals surface area (Å²) in [7, 11) is -1.77. The van der Waals surface area contributed by atoms with Gasteiger partial charge in [-0.3, -0.25) is 0 Å². The van der Waals surface area contributed by atoms with Crippen molar-refractivity contribution in [2.45, 2.75) is 0 Å². The van der Waals surface area contributed by atoms with Crippen LogP contribution in [0.2, 0.25) is 0 Å². The van der Waals surface area contributed by atoms with Crippen LogP contribution in [-0.4, -0.2) is 55.2 Å². The Morgan fingerprint density at radius 1 is 1.45 bits per heavy atom. The van der Waals surface area contributed by atoms with Crippen LogP contribution in [0.15, 0.2) is 0 Å². The first-order valence-electron chi connectivity index (χ1n) is 4.03. The van der Waals surface area contributed by atoms with Crippen molar-refractivity contribution in [3.05, 3.63) is 0 Å². The van der Waals surface area contributed by atoms with E-state index in [1.807, 2.05) is 6.66 Å². The largest absolute Gasteiger partial charge is 0.395 e. The second-order valence-corrected chi connectivity index (χ2v) is 6.80. The highest BCUT2D eigenvalue weighted by Gasteiger charge is 2.22. The molecular weight excluding hydrogens is 161 g/mol. The van der Waals surface area contributed by atoms with E-state index in [1.54, 1.807) is 0 Å². The minimum atomic E-state index is -1.77. The molecule has 0 aliphatic carbocycles. The summed E-state index contributed by atoms with van der Waals surface area (Å²) in [5.41, 5.74) is 0. The molecule has 1 rings (SSSR count). The van der Waals surface area contributed by atoms with Gasteiger partial charge in [0.25, 0.3) is 0 Å². The van der Waals surface area contributed by atoms with Crippen LogP contribution in [0.4, 0.5) is 0 Å². The van der Waals surface area contributed by atoms with Gasteiger partial charge in [-0.2, -0.15) is 0 Å². The number of hydrogen-bond donors (Lipinski definition) is 1. The monoisotopic (exact) mass is 177 g/mol. The summed E-state index contributed by atoms with van der Waals surface area (Å²) in [4.78, 5) is 2.17. The first-order chi connectivity index (χ1) is 5.14. The van der Waals surface area contributed by atoms with E-state index in [2.05, 4.69) is 4.90 Å². The molecule has 3 nitrogen and oxygen atoms in total. The zero-order valence-corrected chi connectivity index (χ0v) is 7.89. The number of rotatable bonds is 2. The van der Waals surface area contributed by atoms with Gasteiger partial charge in [0, 0.05) is 32.0 Å². The Kier molecular flexibility index (Phi) is 3.11. The number of nitrogens with zero attached hydrogens (tertiary/aromatic N) is 1. The van der Waals surface area contributed by atoms with Crippen molar-refractivity contribution >= 4 is 7.14 Å². The first-order valence-corrected chi connectivity index (χ1v) is 6.55. The van der Waals surface area contributed by atoms with Gasteiger partial charge in [-0.25, -0.2) is 0 Å². The molecule has 0 atom stereocenters. The van der Waals surface area contributed by atoms with Crippen LogP contribution >= 0.6 is 7.14 Å². The summed E-state index contributed by atoms with van der Waals surface area (Å²) in [5, 5.41) is 8.64. The smallest absolute Gasteiger partial charge is 0.0873 e. The van der Waals surface area contributed by atoms with E-state index in [-0.39, 0.29) is 6.61 Å². The minimum absolute atomic E-state index is 0.216. The molecule has 1 N–H and O–H groups in total. The van der Waals surface area contributed by atoms with Crippen molar-refractivity contribution in [2.75, 3.05) is 45.2 Å². The summed E-state index contributed by atoms with van der Waals surface area (Å²) in [6.07, 6.45) is 1.65. The zero-order valence-electron chi connectivity index (χ0n) is 6.99. The highest BCUT2D eigenvalue weighted by atomic mass is 31.2. The molecule has 0 aromatic rings. The summed E-state index contributed by atoms with van der Waals surface area (Å²) < 4.78 is 11.5. The van der Waals surface area contributed by atoms with Gasteiger partial charge in [-0.1, -0.05) is 0 Å². The molecule has 0 unspecified atom stereocenters. The minimum Gasteiger partial charge on any atom is -0.395 e. The second-order valence-electron chi connectivity index (χ2n) is 3.31. The maximum atomic E-state index is 11.5. The molecule has 0 aromatic heterocycles. The van der Waals surface area contributed by atoms with Crippen LogP contribution in [0, 0.1) is 0 Å². The van der Waals surface area contributed by atoms with Crippen molar-refractivity contribution in [3.8, 4) is 0 Å². The van der Waals surface area contributed by atoms with Crippen LogP contribution in [0.1, 0.15) is 0 Å². The number of aliphatic hydroxyl groups is 1. The van der Waals surface area contributed by atoms with Crippen LogP contribution in [0.5, 0.6) is 0 Å². The lowest BCUT2D eigenvalue weighted by atomic mass is 10.5. The maximum Gasteiger partial charge on any atom is 0.0873 e. The average Bonchev–Trinajstić information content (AvgIpc) is 1.94. The van der Waals surface area contributed by atoms with Gasteiger partial charge in [0.1, 0.15) is 0 Å². The Labute approximate surface area is 67.8 Å². The molecule has 0 spiro atoms. The van der Waals surface area contributed by atoms with Crippen LogP contribution < -0.4 is 0 Å². The van der Waals surface area contributed by atoms with Crippen molar-refractivity contribution < 1.29 is 9.67 Å². The molecule has 1 heterocycles. The van der Waals surface area contributed by atoms with E-state index in [4.69, 9.17) is 5.11 Å². The lowest BCUT2D eigenvalue weighted by Crippen LogP contribution is -2.36. The van der Waals surface area contributed by atoms with Gasteiger partial charge < -0.3 is 14.6 Å². The average molecular weight is 177 g/mol. The molecule has 0 bridgehead atoms. The van der Waals surface area contributed by atoms with Gasteiger partial charge in [-0.15, -0.1) is 0 Å². The molecule has 0 aromatic carbocycles. The van der Waals surface area contributed by atoms with Crippen molar-refractivity contribution in [1.82, 2.24) is 4.90 Å². The van der Waals surface area contributed by atoms with Crippen LogP contribution in [-0.2, 0) is 4.57 Å². The molecule has 0 amide bonds. The molecule has 1 aliphatic rings. The quantitative estimate of drug-likeness (QED) is 0.616. The van der Waals surface area contributed by atoms with Crippen LogP contribution in [0.3, 0.4) is 0 Å². The molecule has 66 valence electrons. The number of hydrogen-bond acceptors (Lipinski definition) is 3. The Morgan fingerprint density at radius 3 is 2.45 bits per heavy atom. The second kappa shape index (κ2) is 3.70. The summed E-state index contributed by atoms with van der Waals surface area (Å²) >= 11 is 0. The van der Waals surface area contributed by atoms with Gasteiger partial charge >= 0.3 is 0 Å². The Balaban J connectivity index is 2.30. The van der Waals surface area contributed by atoms with Crippen LogP contribution in [0.25, 0.3) is 0 Å². The maximum absolute atomic E-state index is 11.5. The number of aliphatic hydroxyl groups excluding tert-OH is 1. The molecule has 1 saturated heterocycles. The standard InChI is InChI=1S/C7H16NO2P/c1-11(10)6-3-8(2-5-9)4-7-11/h9H,2-7H2,1H3. The third kappa shape index (κ3) is 2.94. The van der Waals surface area contributed by atoms with E-state index in [0.717, 1.165) is 32.0 Å². The van der Waals surface area contributed by atoms with Crippen molar-refractivity contribution in [2.24, 2.45) is 0 Å². The Bertz CT molecular complexity index is 160. The topological polar surface area (TPSA) is 40.5 Å². The number of β-amino-alcohol motifs (C(OH)–C–C–N with tert-alkyl or cyclic N) is 1. The predicted molar refractivity (Wildman–Crippen MR) is 46.8 cm³/mol. The lowest BCUT2D eigenvalue weighted by Gasteiger charge is -2.29. The van der Waals surface area contributed by atoms with E-state index >= 15 is 0 Å². The molecule has 0 saturated carbocycles. The Morgan fingerprint density at radius 2 is 2.00 bits per heavy atom. The van der Waals surface area contributed by atoms with E-state index in [0.29, 0.717) is 0 Å². The third-order valence-electron chi connectivity index (χ3n) is 2.19. The Hall–Kier alpha value is 0.150. The third-order valence-corrected chi connectivity index (χ3v) is 4.49. The highest BCUT2D eigenvalue weighted by molar-refractivity contribution is 7.63. The SMILES string of the molecule is CP1(=O)CCN(CCO)CC1. The summed E-state index contributed by atoms with van der Waals surface area (Å²) in [6, 6.07) is 0. The van der Waals surface area contributed by atoms with Gasteiger partial charge in [0.15, 0.2) is 0 Å². The normalized spacial score (nSPS) is 25.3. The first kappa shape index (κ1) is 9.24. The molecule has 1 fully saturated rings.